The van der Waals surface area contributed by atoms with E-state index in [0.29, 0.717) is 6.10 Å². The molecule has 0 amide bonds. The molecule has 2 rings (SSSR count). The van der Waals surface area contributed by atoms with E-state index < -0.39 is 0 Å². The molecule has 5 nitrogen and oxygen atoms in total. The number of ether oxygens (including phenoxy) is 1. The van der Waals surface area contributed by atoms with Crippen LogP contribution in [0.5, 0.6) is 0 Å². The maximum Gasteiger partial charge on any atom is 0.217 e. The van der Waals surface area contributed by atoms with Crippen LogP contribution < -0.4 is 5.32 Å². The average Bonchev–Trinajstić information content (AvgIpc) is 2.95. The molecule has 16 heavy (non-hydrogen) atoms. The number of nitrogens with zero attached hydrogens (tertiary/aromatic N) is 2. The van der Waals surface area contributed by atoms with E-state index in [1.165, 1.54) is 12.8 Å². The van der Waals surface area contributed by atoms with E-state index in [9.17, 15) is 0 Å². The third-order valence-electron chi connectivity index (χ3n) is 2.80. The minimum absolute atomic E-state index is 0.396. The van der Waals surface area contributed by atoms with Crippen molar-refractivity contribution in [3.05, 3.63) is 11.8 Å². The zero-order valence-corrected chi connectivity index (χ0v) is 9.74. The van der Waals surface area contributed by atoms with Crippen LogP contribution in [0.1, 0.15) is 31.0 Å². The Labute approximate surface area is 95.6 Å². The van der Waals surface area contributed by atoms with Crippen LogP contribution in [0.15, 0.2) is 4.42 Å². The topological polar surface area (TPSA) is 60.2 Å². The van der Waals surface area contributed by atoms with Crippen molar-refractivity contribution in [3.63, 3.8) is 0 Å². The second kappa shape index (κ2) is 5.96. The zero-order valence-electron chi connectivity index (χ0n) is 9.74. The number of hydrogen-bond acceptors (Lipinski definition) is 5. The Kier molecular flexibility index (Phi) is 4.30. The van der Waals surface area contributed by atoms with Crippen molar-refractivity contribution in [2.75, 3.05) is 20.2 Å². The minimum atomic E-state index is 0.396. The molecule has 2 heterocycles. The molecule has 1 unspecified atom stereocenters. The summed E-state index contributed by atoms with van der Waals surface area (Å²) in [5.74, 6) is 1.46. The molecule has 5 heteroatoms. The van der Waals surface area contributed by atoms with Crippen LogP contribution in [-0.2, 0) is 17.6 Å². The fraction of sp³-hybridized carbons (Fsp3) is 0.818. The van der Waals surface area contributed by atoms with Gasteiger partial charge in [0, 0.05) is 26.0 Å². The number of rotatable bonds is 6. The second-order valence-electron chi connectivity index (χ2n) is 4.12. The van der Waals surface area contributed by atoms with Crippen molar-refractivity contribution >= 4 is 0 Å². The molecule has 1 aliphatic heterocycles. The first-order chi connectivity index (χ1) is 7.88. The van der Waals surface area contributed by atoms with Gasteiger partial charge in [-0.05, 0) is 26.3 Å². The summed E-state index contributed by atoms with van der Waals surface area (Å²) < 4.78 is 11.1. The molecule has 1 aromatic heterocycles. The number of aromatic nitrogens is 2. The SMILES string of the molecule is CNCCc1nnc(CCC2CCCO2)o1. The molecule has 90 valence electrons. The fourth-order valence-electron chi connectivity index (χ4n) is 1.88. The molecule has 1 fully saturated rings. The van der Waals surface area contributed by atoms with Crippen LogP contribution >= 0.6 is 0 Å². The predicted molar refractivity (Wildman–Crippen MR) is 59.2 cm³/mol. The third-order valence-corrected chi connectivity index (χ3v) is 2.80. The van der Waals surface area contributed by atoms with Crippen LogP contribution in [0, 0.1) is 0 Å². The first kappa shape index (κ1) is 11.5. The summed E-state index contributed by atoms with van der Waals surface area (Å²) in [4.78, 5) is 0. The average molecular weight is 225 g/mol. The Morgan fingerprint density at radius 3 is 2.81 bits per heavy atom. The van der Waals surface area contributed by atoms with Crippen molar-refractivity contribution in [2.45, 2.75) is 38.2 Å². The maximum absolute atomic E-state index is 5.55. The minimum Gasteiger partial charge on any atom is -0.425 e. The fourth-order valence-corrected chi connectivity index (χ4v) is 1.88. The Hall–Kier alpha value is -0.940. The quantitative estimate of drug-likeness (QED) is 0.781. The molecular formula is C11H19N3O2. The molecule has 1 saturated heterocycles. The maximum atomic E-state index is 5.55. The van der Waals surface area contributed by atoms with Gasteiger partial charge in [-0.15, -0.1) is 10.2 Å². The van der Waals surface area contributed by atoms with Crippen LogP contribution in [0.3, 0.4) is 0 Å². The van der Waals surface area contributed by atoms with Gasteiger partial charge in [-0.1, -0.05) is 0 Å². The molecule has 0 aliphatic carbocycles. The van der Waals surface area contributed by atoms with Crippen molar-refractivity contribution in [1.82, 2.24) is 15.5 Å². The molecule has 1 aromatic rings. The normalized spacial score (nSPS) is 20.4. The summed E-state index contributed by atoms with van der Waals surface area (Å²) in [6, 6.07) is 0. The lowest BCUT2D eigenvalue weighted by atomic mass is 10.1. The van der Waals surface area contributed by atoms with E-state index in [1.807, 2.05) is 7.05 Å². The molecule has 0 spiro atoms. The summed E-state index contributed by atoms with van der Waals surface area (Å²) >= 11 is 0. The third kappa shape index (κ3) is 3.28. The smallest absolute Gasteiger partial charge is 0.217 e. The molecule has 0 radical (unpaired) electrons. The summed E-state index contributed by atoms with van der Waals surface area (Å²) in [6.45, 7) is 1.77. The molecule has 0 bridgehead atoms. The summed E-state index contributed by atoms with van der Waals surface area (Å²) in [7, 11) is 1.91. The molecule has 1 atom stereocenters. The highest BCUT2D eigenvalue weighted by Crippen LogP contribution is 2.17. The molecule has 1 aliphatic rings. The Morgan fingerprint density at radius 1 is 1.31 bits per heavy atom. The summed E-state index contributed by atoms with van der Waals surface area (Å²) in [5.41, 5.74) is 0. The summed E-state index contributed by atoms with van der Waals surface area (Å²) in [5, 5.41) is 11.1. The largest absolute Gasteiger partial charge is 0.425 e. The van der Waals surface area contributed by atoms with Gasteiger partial charge in [-0.25, -0.2) is 0 Å². The van der Waals surface area contributed by atoms with Gasteiger partial charge < -0.3 is 14.5 Å². The standard InChI is InChI=1S/C11H19N3O2/c1-12-7-6-11-14-13-10(16-11)5-4-9-3-2-8-15-9/h9,12H,2-8H2,1H3. The molecular weight excluding hydrogens is 206 g/mol. The van der Waals surface area contributed by atoms with Gasteiger partial charge >= 0.3 is 0 Å². The van der Waals surface area contributed by atoms with Crippen LogP contribution in [0.2, 0.25) is 0 Å². The highest BCUT2D eigenvalue weighted by atomic mass is 16.5. The van der Waals surface area contributed by atoms with Gasteiger partial charge in [0.25, 0.3) is 0 Å². The van der Waals surface area contributed by atoms with Gasteiger partial charge in [0.05, 0.1) is 6.10 Å². The van der Waals surface area contributed by atoms with Gasteiger partial charge in [0.1, 0.15) is 0 Å². The van der Waals surface area contributed by atoms with E-state index >= 15 is 0 Å². The van der Waals surface area contributed by atoms with Crippen LogP contribution in [-0.4, -0.2) is 36.5 Å². The molecule has 0 aromatic carbocycles. The number of nitrogens with one attached hydrogen (secondary N) is 1. The Morgan fingerprint density at radius 2 is 2.12 bits per heavy atom. The van der Waals surface area contributed by atoms with Crippen molar-refractivity contribution in [1.29, 1.82) is 0 Å². The van der Waals surface area contributed by atoms with Crippen molar-refractivity contribution < 1.29 is 9.15 Å². The van der Waals surface area contributed by atoms with Crippen molar-refractivity contribution in [3.8, 4) is 0 Å². The number of hydrogen-bond donors (Lipinski definition) is 1. The van der Waals surface area contributed by atoms with Gasteiger partial charge in [0.15, 0.2) is 0 Å². The number of likely N-dealkylation sites (N-methyl/N-ethyl adjacent to an activating group) is 1. The van der Waals surface area contributed by atoms with Crippen LogP contribution in [0.4, 0.5) is 0 Å². The predicted octanol–water partition coefficient (Wildman–Crippen LogP) is 0.943. The summed E-state index contributed by atoms with van der Waals surface area (Å²) in [6.07, 6.45) is 5.37. The zero-order chi connectivity index (χ0) is 11.2. The highest BCUT2D eigenvalue weighted by molar-refractivity contribution is 4.84. The lowest BCUT2D eigenvalue weighted by molar-refractivity contribution is 0.103. The number of aryl methyl sites for hydroxylation is 1. The lowest BCUT2D eigenvalue weighted by Gasteiger charge is -2.05. The van der Waals surface area contributed by atoms with E-state index in [2.05, 4.69) is 15.5 Å². The Balaban J connectivity index is 1.73. The monoisotopic (exact) mass is 225 g/mol. The van der Waals surface area contributed by atoms with E-state index in [0.717, 1.165) is 44.2 Å². The van der Waals surface area contributed by atoms with Gasteiger partial charge in [-0.3, -0.25) is 0 Å². The van der Waals surface area contributed by atoms with E-state index in [-0.39, 0.29) is 0 Å². The second-order valence-corrected chi connectivity index (χ2v) is 4.12. The Bertz CT molecular complexity index is 308. The van der Waals surface area contributed by atoms with E-state index in [1.54, 1.807) is 0 Å². The first-order valence-corrected chi connectivity index (χ1v) is 5.96. The van der Waals surface area contributed by atoms with E-state index in [4.69, 9.17) is 9.15 Å². The van der Waals surface area contributed by atoms with Crippen LogP contribution in [0.25, 0.3) is 0 Å². The molecule has 1 N–H and O–H groups in total. The molecule has 0 saturated carbocycles. The lowest BCUT2D eigenvalue weighted by Crippen LogP contribution is -2.10. The highest BCUT2D eigenvalue weighted by Gasteiger charge is 2.16. The first-order valence-electron chi connectivity index (χ1n) is 5.96. The van der Waals surface area contributed by atoms with Gasteiger partial charge in [0.2, 0.25) is 11.8 Å². The van der Waals surface area contributed by atoms with Gasteiger partial charge in [-0.2, -0.15) is 0 Å². The van der Waals surface area contributed by atoms with Crippen molar-refractivity contribution in [2.24, 2.45) is 0 Å².